The molecule has 0 aromatic heterocycles. The van der Waals surface area contributed by atoms with Crippen LogP contribution in [0.15, 0.2) is 11.6 Å². The predicted octanol–water partition coefficient (Wildman–Crippen LogP) is 3.85. The van der Waals surface area contributed by atoms with Gasteiger partial charge in [0.05, 0.1) is 0 Å². The first kappa shape index (κ1) is 11.8. The lowest BCUT2D eigenvalue weighted by atomic mass is 9.80. The molecule has 2 fully saturated rings. The first-order valence-electron chi connectivity index (χ1n) is 7.48. The first-order valence-corrected chi connectivity index (χ1v) is 7.48. The van der Waals surface area contributed by atoms with Crippen LogP contribution in [0.25, 0.3) is 0 Å². The molecule has 1 nitrogen and oxygen atoms in total. The topological polar surface area (TPSA) is 3.24 Å². The van der Waals surface area contributed by atoms with E-state index in [-0.39, 0.29) is 0 Å². The molecular formula is C16H27N. The van der Waals surface area contributed by atoms with Crippen LogP contribution in [0.3, 0.4) is 0 Å². The number of nitrogens with zero attached hydrogens (tertiary/aromatic N) is 1. The molecule has 96 valence electrons. The molecule has 0 aromatic carbocycles. The summed E-state index contributed by atoms with van der Waals surface area (Å²) in [5.41, 5.74) is 2.16. The van der Waals surface area contributed by atoms with Crippen LogP contribution in [0.5, 0.6) is 0 Å². The molecule has 3 unspecified atom stereocenters. The van der Waals surface area contributed by atoms with E-state index in [1.165, 1.54) is 38.8 Å². The maximum Gasteiger partial charge on any atom is 0.0171 e. The molecule has 0 radical (unpaired) electrons. The zero-order valence-electron chi connectivity index (χ0n) is 11.7. The standard InChI is InChI=1S/C16H27N/c1-16(2,3)17-8-6-13(7-9-17)15-11-12-4-5-14(15)10-12/h6,12,14-15H,4-5,7-11H2,1-3H3. The van der Waals surface area contributed by atoms with Crippen molar-refractivity contribution in [2.24, 2.45) is 17.8 Å². The summed E-state index contributed by atoms with van der Waals surface area (Å²) in [5, 5.41) is 0. The SMILES string of the molecule is CC(C)(C)N1CC=C(C2CC3CCC2C3)CC1. The summed E-state index contributed by atoms with van der Waals surface area (Å²) in [7, 11) is 0. The Kier molecular flexibility index (Phi) is 2.85. The van der Waals surface area contributed by atoms with Gasteiger partial charge in [-0.2, -0.15) is 0 Å². The Bertz CT molecular complexity index is 323. The highest BCUT2D eigenvalue weighted by Gasteiger charge is 2.41. The zero-order valence-corrected chi connectivity index (χ0v) is 11.7. The van der Waals surface area contributed by atoms with Crippen LogP contribution < -0.4 is 0 Å². The molecule has 1 aliphatic heterocycles. The van der Waals surface area contributed by atoms with Gasteiger partial charge in [-0.3, -0.25) is 4.90 Å². The highest BCUT2D eigenvalue weighted by atomic mass is 15.2. The maximum atomic E-state index is 2.61. The van der Waals surface area contributed by atoms with E-state index in [1.807, 2.05) is 5.57 Å². The minimum atomic E-state index is 0.344. The van der Waals surface area contributed by atoms with Gasteiger partial charge in [0.15, 0.2) is 0 Å². The van der Waals surface area contributed by atoms with Gasteiger partial charge >= 0.3 is 0 Å². The number of hydrogen-bond acceptors (Lipinski definition) is 1. The minimum Gasteiger partial charge on any atom is -0.295 e. The Labute approximate surface area is 106 Å². The molecular weight excluding hydrogens is 206 g/mol. The van der Waals surface area contributed by atoms with Crippen LogP contribution in [-0.2, 0) is 0 Å². The Balaban J connectivity index is 1.65. The molecule has 17 heavy (non-hydrogen) atoms. The molecule has 2 saturated carbocycles. The number of hydrogen-bond donors (Lipinski definition) is 0. The van der Waals surface area contributed by atoms with Crippen LogP contribution in [0.4, 0.5) is 0 Å². The fourth-order valence-electron chi connectivity index (χ4n) is 4.33. The average Bonchev–Trinajstić information content (AvgIpc) is 2.89. The summed E-state index contributed by atoms with van der Waals surface area (Å²) >= 11 is 0. The van der Waals surface area contributed by atoms with E-state index in [0.717, 1.165) is 17.8 Å². The zero-order chi connectivity index (χ0) is 12.0. The van der Waals surface area contributed by atoms with E-state index in [1.54, 1.807) is 6.42 Å². The molecule has 1 heteroatoms. The van der Waals surface area contributed by atoms with E-state index in [2.05, 4.69) is 31.7 Å². The van der Waals surface area contributed by atoms with Crippen LogP contribution in [0.2, 0.25) is 0 Å². The van der Waals surface area contributed by atoms with Gasteiger partial charge in [0.2, 0.25) is 0 Å². The van der Waals surface area contributed by atoms with E-state index in [0.29, 0.717) is 5.54 Å². The lowest BCUT2D eigenvalue weighted by molar-refractivity contribution is 0.144. The summed E-state index contributed by atoms with van der Waals surface area (Å²) in [5.74, 6) is 3.13. The summed E-state index contributed by atoms with van der Waals surface area (Å²) in [4.78, 5) is 2.61. The maximum absolute atomic E-state index is 2.61. The van der Waals surface area contributed by atoms with Crippen molar-refractivity contribution in [1.29, 1.82) is 0 Å². The normalized spacial score (nSPS) is 38.5. The van der Waals surface area contributed by atoms with Crippen molar-refractivity contribution in [2.45, 2.75) is 58.4 Å². The number of rotatable bonds is 1. The third-order valence-corrected chi connectivity index (χ3v) is 5.41. The van der Waals surface area contributed by atoms with E-state index < -0.39 is 0 Å². The summed E-state index contributed by atoms with van der Waals surface area (Å²) < 4.78 is 0. The van der Waals surface area contributed by atoms with Crippen LogP contribution in [-0.4, -0.2) is 23.5 Å². The van der Waals surface area contributed by atoms with Gasteiger partial charge in [0.25, 0.3) is 0 Å². The van der Waals surface area contributed by atoms with Crippen molar-refractivity contribution in [3.05, 3.63) is 11.6 Å². The Hall–Kier alpha value is -0.300. The van der Waals surface area contributed by atoms with Crippen molar-refractivity contribution in [3.8, 4) is 0 Å². The third-order valence-electron chi connectivity index (χ3n) is 5.41. The van der Waals surface area contributed by atoms with Crippen molar-refractivity contribution in [3.63, 3.8) is 0 Å². The van der Waals surface area contributed by atoms with Gasteiger partial charge in [-0.05, 0) is 64.2 Å². The molecule has 0 N–H and O–H groups in total. The van der Waals surface area contributed by atoms with Gasteiger partial charge in [0.1, 0.15) is 0 Å². The average molecular weight is 233 g/mol. The second-order valence-electron chi connectivity index (χ2n) is 7.43. The van der Waals surface area contributed by atoms with Crippen molar-refractivity contribution < 1.29 is 0 Å². The summed E-state index contributed by atoms with van der Waals surface area (Å²) in [6, 6.07) is 0. The Morgan fingerprint density at radius 1 is 1.18 bits per heavy atom. The Morgan fingerprint density at radius 2 is 2.00 bits per heavy atom. The molecule has 3 atom stereocenters. The van der Waals surface area contributed by atoms with Gasteiger partial charge in [-0.15, -0.1) is 0 Å². The fourth-order valence-corrected chi connectivity index (χ4v) is 4.33. The second kappa shape index (κ2) is 4.12. The molecule has 3 aliphatic rings. The summed E-state index contributed by atoms with van der Waals surface area (Å²) in [6.45, 7) is 9.48. The number of fused-ring (bicyclic) bond motifs is 2. The van der Waals surface area contributed by atoms with Crippen LogP contribution in [0, 0.1) is 17.8 Å². The molecule has 2 bridgehead atoms. The highest BCUT2D eigenvalue weighted by molar-refractivity contribution is 5.16. The second-order valence-corrected chi connectivity index (χ2v) is 7.43. The largest absolute Gasteiger partial charge is 0.295 e. The van der Waals surface area contributed by atoms with Crippen molar-refractivity contribution in [1.82, 2.24) is 4.90 Å². The molecule has 0 amide bonds. The smallest absolute Gasteiger partial charge is 0.0171 e. The fraction of sp³-hybridized carbons (Fsp3) is 0.875. The lowest BCUT2D eigenvalue weighted by Gasteiger charge is -2.39. The van der Waals surface area contributed by atoms with Crippen molar-refractivity contribution >= 4 is 0 Å². The van der Waals surface area contributed by atoms with Gasteiger partial charge < -0.3 is 0 Å². The molecule has 0 aromatic rings. The molecule has 0 saturated heterocycles. The summed E-state index contributed by atoms with van der Waals surface area (Å²) in [6.07, 6.45) is 10.0. The van der Waals surface area contributed by atoms with E-state index in [4.69, 9.17) is 0 Å². The highest BCUT2D eigenvalue weighted by Crippen LogP contribution is 2.51. The monoisotopic (exact) mass is 233 g/mol. The quantitative estimate of drug-likeness (QED) is 0.622. The van der Waals surface area contributed by atoms with E-state index >= 15 is 0 Å². The molecule has 1 heterocycles. The Morgan fingerprint density at radius 3 is 2.47 bits per heavy atom. The molecule has 2 aliphatic carbocycles. The molecule has 3 rings (SSSR count). The van der Waals surface area contributed by atoms with Crippen molar-refractivity contribution in [2.75, 3.05) is 13.1 Å². The predicted molar refractivity (Wildman–Crippen MR) is 73.0 cm³/mol. The third kappa shape index (κ3) is 2.19. The van der Waals surface area contributed by atoms with Crippen LogP contribution >= 0.6 is 0 Å². The van der Waals surface area contributed by atoms with Gasteiger partial charge in [0, 0.05) is 18.6 Å². The lowest BCUT2D eigenvalue weighted by Crippen LogP contribution is -2.44. The molecule has 0 spiro atoms. The first-order chi connectivity index (χ1) is 8.04. The van der Waals surface area contributed by atoms with Crippen LogP contribution in [0.1, 0.15) is 52.9 Å². The minimum absolute atomic E-state index is 0.344. The van der Waals surface area contributed by atoms with E-state index in [9.17, 15) is 0 Å². The van der Waals surface area contributed by atoms with Gasteiger partial charge in [-0.25, -0.2) is 0 Å². The van der Waals surface area contributed by atoms with Gasteiger partial charge in [-0.1, -0.05) is 18.1 Å².